The molecule has 1 fully saturated rings. The highest BCUT2D eigenvalue weighted by Crippen LogP contribution is 2.45. The summed E-state index contributed by atoms with van der Waals surface area (Å²) in [6, 6.07) is 6.68. The number of piperidine rings is 1. The quantitative estimate of drug-likeness (QED) is 0.360. The lowest BCUT2D eigenvalue weighted by Crippen LogP contribution is -2.55. The Kier molecular flexibility index (Phi) is 4.66. The summed E-state index contributed by atoms with van der Waals surface area (Å²) in [5.74, 6) is -0.555. The Bertz CT molecular complexity index is 1470. The molecule has 1 atom stereocenters. The van der Waals surface area contributed by atoms with Gasteiger partial charge in [0.1, 0.15) is 16.2 Å². The fourth-order valence-electron chi connectivity index (χ4n) is 4.89. The molecule has 0 saturated carbocycles. The number of nitrogens with one attached hydrogen (secondary N) is 4. The summed E-state index contributed by atoms with van der Waals surface area (Å²) in [5.41, 5.74) is 6.28. The molecule has 4 aromatic rings. The number of amides is 2. The molecule has 5 heterocycles. The van der Waals surface area contributed by atoms with Crippen LogP contribution in [0, 0.1) is 12.7 Å². The van der Waals surface area contributed by atoms with Crippen molar-refractivity contribution in [1.82, 2.24) is 25.6 Å². The Morgan fingerprint density at radius 1 is 1.15 bits per heavy atom. The highest BCUT2D eigenvalue weighted by Gasteiger charge is 2.45. The number of fused-ring (bicyclic) bond motifs is 3. The highest BCUT2D eigenvalue weighted by molar-refractivity contribution is 7.16. The number of anilines is 2. The SMILES string of the molecule is Cc1c(F)cccc1Nc1c(-c2ccnc3scnc23)[nH]c2c1C(=O)NCC21CCC(=O)NC1. The number of H-pyrrole nitrogens is 1. The third-order valence-electron chi connectivity index (χ3n) is 6.83. The second-order valence-corrected chi connectivity index (χ2v) is 9.60. The zero-order chi connectivity index (χ0) is 23.4. The van der Waals surface area contributed by atoms with Gasteiger partial charge in [-0.2, -0.15) is 0 Å². The molecule has 2 aliphatic heterocycles. The van der Waals surface area contributed by atoms with E-state index < -0.39 is 5.41 Å². The predicted octanol–water partition coefficient (Wildman–Crippen LogP) is 3.77. The summed E-state index contributed by atoms with van der Waals surface area (Å²) in [6.45, 7) is 2.53. The van der Waals surface area contributed by atoms with Crippen LogP contribution in [0.5, 0.6) is 0 Å². The minimum absolute atomic E-state index is 0.00269. The number of carbonyl (C=O) groups is 2. The molecule has 8 nitrogen and oxygen atoms in total. The molecule has 2 aliphatic rings. The van der Waals surface area contributed by atoms with Crippen LogP contribution in [0.3, 0.4) is 0 Å². The van der Waals surface area contributed by atoms with E-state index in [1.807, 2.05) is 6.07 Å². The van der Waals surface area contributed by atoms with Gasteiger partial charge in [-0.05, 0) is 31.5 Å². The fourth-order valence-corrected chi connectivity index (χ4v) is 5.55. The van der Waals surface area contributed by atoms with Crippen LogP contribution in [0.15, 0.2) is 36.0 Å². The molecule has 1 saturated heterocycles. The summed E-state index contributed by atoms with van der Waals surface area (Å²) in [6.07, 6.45) is 2.69. The molecule has 172 valence electrons. The van der Waals surface area contributed by atoms with Gasteiger partial charge >= 0.3 is 0 Å². The normalized spacial score (nSPS) is 19.7. The maximum absolute atomic E-state index is 14.4. The molecular formula is C24H21FN6O2S. The molecule has 3 aromatic heterocycles. The lowest BCUT2D eigenvalue weighted by Gasteiger charge is -2.40. The van der Waals surface area contributed by atoms with Crippen molar-refractivity contribution in [3.63, 3.8) is 0 Å². The first-order valence-electron chi connectivity index (χ1n) is 11.0. The number of aromatic amines is 1. The van der Waals surface area contributed by atoms with Crippen LogP contribution in [-0.4, -0.2) is 39.9 Å². The number of pyridine rings is 1. The van der Waals surface area contributed by atoms with Gasteiger partial charge in [-0.25, -0.2) is 14.4 Å². The van der Waals surface area contributed by atoms with Gasteiger partial charge in [-0.15, -0.1) is 11.3 Å². The Labute approximate surface area is 198 Å². The van der Waals surface area contributed by atoms with Crippen molar-refractivity contribution in [3.05, 3.63) is 58.6 Å². The number of carbonyl (C=O) groups excluding carboxylic acids is 2. The summed E-state index contributed by atoms with van der Waals surface area (Å²) in [4.78, 5) is 38.4. The molecule has 34 heavy (non-hydrogen) atoms. The van der Waals surface area contributed by atoms with E-state index in [2.05, 4.69) is 30.9 Å². The van der Waals surface area contributed by atoms with E-state index in [1.165, 1.54) is 17.4 Å². The highest BCUT2D eigenvalue weighted by atomic mass is 32.1. The average Bonchev–Trinajstić information content (AvgIpc) is 3.47. The van der Waals surface area contributed by atoms with Crippen molar-refractivity contribution >= 4 is 44.9 Å². The number of hydrogen-bond acceptors (Lipinski definition) is 6. The van der Waals surface area contributed by atoms with E-state index in [0.29, 0.717) is 54.1 Å². The van der Waals surface area contributed by atoms with Crippen LogP contribution in [0.4, 0.5) is 15.8 Å². The van der Waals surface area contributed by atoms with Crippen molar-refractivity contribution in [3.8, 4) is 11.3 Å². The van der Waals surface area contributed by atoms with Crippen LogP contribution in [0.2, 0.25) is 0 Å². The van der Waals surface area contributed by atoms with E-state index in [-0.39, 0.29) is 17.6 Å². The molecule has 0 bridgehead atoms. The van der Waals surface area contributed by atoms with Gasteiger partial charge in [-0.3, -0.25) is 9.59 Å². The standard InChI is InChI=1S/C24H21FN6O2S/c1-12-14(25)3-2-4-15(12)30-20-17-21(24(10-28-22(17)33)7-5-16(32)27-9-24)31-18(20)13-6-8-26-23-19(13)29-11-34-23/h2-4,6,8,11,30-31H,5,7,9-10H2,1H3,(H,27,32)(H,28,33). The van der Waals surface area contributed by atoms with E-state index in [0.717, 1.165) is 21.6 Å². The van der Waals surface area contributed by atoms with Crippen molar-refractivity contribution in [2.24, 2.45) is 0 Å². The number of hydrogen-bond donors (Lipinski definition) is 4. The zero-order valence-corrected chi connectivity index (χ0v) is 19.1. The van der Waals surface area contributed by atoms with Crippen molar-refractivity contribution in [2.45, 2.75) is 25.2 Å². The monoisotopic (exact) mass is 476 g/mol. The largest absolute Gasteiger partial charge is 0.355 e. The van der Waals surface area contributed by atoms with E-state index >= 15 is 0 Å². The van der Waals surface area contributed by atoms with Crippen LogP contribution in [-0.2, 0) is 10.2 Å². The van der Waals surface area contributed by atoms with Crippen LogP contribution in [0.1, 0.15) is 34.5 Å². The number of benzene rings is 1. The first-order chi connectivity index (χ1) is 16.5. The van der Waals surface area contributed by atoms with Crippen LogP contribution < -0.4 is 16.0 Å². The van der Waals surface area contributed by atoms with Gasteiger partial charge in [-0.1, -0.05) is 6.07 Å². The molecule has 6 rings (SSSR count). The number of nitrogens with zero attached hydrogens (tertiary/aromatic N) is 2. The molecule has 0 aliphatic carbocycles. The lowest BCUT2D eigenvalue weighted by atomic mass is 9.74. The Morgan fingerprint density at radius 3 is 2.82 bits per heavy atom. The molecule has 0 radical (unpaired) electrons. The molecule has 10 heteroatoms. The smallest absolute Gasteiger partial charge is 0.255 e. The van der Waals surface area contributed by atoms with Crippen molar-refractivity contribution in [1.29, 1.82) is 0 Å². The first-order valence-corrected chi connectivity index (χ1v) is 11.9. The fraction of sp³-hybridized carbons (Fsp3) is 0.250. The summed E-state index contributed by atoms with van der Waals surface area (Å²) < 4.78 is 14.4. The number of halogens is 1. The number of thiazole rings is 1. The lowest BCUT2D eigenvalue weighted by molar-refractivity contribution is -0.123. The van der Waals surface area contributed by atoms with Gasteiger partial charge in [0, 0.05) is 53.6 Å². The van der Waals surface area contributed by atoms with Gasteiger partial charge in [0.15, 0.2) is 0 Å². The molecule has 1 aromatic carbocycles. The minimum Gasteiger partial charge on any atom is -0.355 e. The summed E-state index contributed by atoms with van der Waals surface area (Å²) >= 11 is 1.43. The van der Waals surface area contributed by atoms with Gasteiger partial charge in [0.2, 0.25) is 5.91 Å². The van der Waals surface area contributed by atoms with Crippen LogP contribution in [0.25, 0.3) is 21.6 Å². The number of rotatable bonds is 3. The van der Waals surface area contributed by atoms with E-state index in [1.54, 1.807) is 30.8 Å². The minimum atomic E-state index is -0.461. The maximum atomic E-state index is 14.4. The van der Waals surface area contributed by atoms with E-state index in [4.69, 9.17) is 0 Å². The topological polar surface area (TPSA) is 112 Å². The first kappa shape index (κ1) is 20.8. The Balaban J connectivity index is 1.61. The maximum Gasteiger partial charge on any atom is 0.255 e. The van der Waals surface area contributed by atoms with Crippen molar-refractivity contribution < 1.29 is 14.0 Å². The van der Waals surface area contributed by atoms with Gasteiger partial charge in [0.25, 0.3) is 5.91 Å². The van der Waals surface area contributed by atoms with E-state index in [9.17, 15) is 14.0 Å². The Morgan fingerprint density at radius 2 is 2.00 bits per heavy atom. The van der Waals surface area contributed by atoms with Gasteiger partial charge < -0.3 is 20.9 Å². The third kappa shape index (κ3) is 3.09. The number of aromatic nitrogens is 3. The third-order valence-corrected chi connectivity index (χ3v) is 7.57. The summed E-state index contributed by atoms with van der Waals surface area (Å²) in [5, 5.41) is 9.31. The summed E-state index contributed by atoms with van der Waals surface area (Å²) in [7, 11) is 0. The van der Waals surface area contributed by atoms with Crippen molar-refractivity contribution in [2.75, 3.05) is 18.4 Å². The second-order valence-electron chi connectivity index (χ2n) is 8.77. The predicted molar refractivity (Wildman–Crippen MR) is 128 cm³/mol. The van der Waals surface area contributed by atoms with Crippen LogP contribution >= 0.6 is 11.3 Å². The molecular weight excluding hydrogens is 455 g/mol. The molecule has 2 amide bonds. The average molecular weight is 477 g/mol. The second kappa shape index (κ2) is 7.63. The molecule has 1 spiro atoms. The zero-order valence-electron chi connectivity index (χ0n) is 18.3. The Hall–Kier alpha value is -3.79. The molecule has 1 unspecified atom stereocenters. The molecule has 4 N–H and O–H groups in total. The van der Waals surface area contributed by atoms with Gasteiger partial charge in [0.05, 0.1) is 22.5 Å².